The third-order valence-electron chi connectivity index (χ3n) is 3.32. The van der Waals surface area contributed by atoms with Gasteiger partial charge in [-0.2, -0.15) is 13.2 Å². The van der Waals surface area contributed by atoms with E-state index < -0.39 is 39.2 Å². The van der Waals surface area contributed by atoms with E-state index in [2.05, 4.69) is 5.32 Å². The van der Waals surface area contributed by atoms with Crippen molar-refractivity contribution in [3.05, 3.63) is 53.3 Å². The van der Waals surface area contributed by atoms with Crippen LogP contribution in [0.25, 0.3) is 0 Å². The number of carbonyl (C=O) groups excluding carboxylic acids is 1. The van der Waals surface area contributed by atoms with Crippen molar-refractivity contribution in [1.82, 2.24) is 0 Å². The van der Waals surface area contributed by atoms with Crippen LogP contribution in [0.4, 0.5) is 28.9 Å². The predicted molar refractivity (Wildman–Crippen MR) is 87.7 cm³/mol. The van der Waals surface area contributed by atoms with Gasteiger partial charge in [0.1, 0.15) is 5.82 Å². The van der Waals surface area contributed by atoms with Crippen LogP contribution in [-0.2, 0) is 21.0 Å². The first-order valence-corrected chi connectivity index (χ1v) is 8.66. The Kier molecular flexibility index (Phi) is 5.26. The lowest BCUT2D eigenvalue weighted by molar-refractivity contribution is -0.136. The first-order valence-electron chi connectivity index (χ1n) is 7.18. The molecule has 2 aromatic rings. The summed E-state index contributed by atoms with van der Waals surface area (Å²) in [6.45, 7) is 2.45. The molecular weight excluding hydrogens is 376 g/mol. The van der Waals surface area contributed by atoms with Crippen molar-refractivity contribution >= 4 is 27.3 Å². The second-order valence-corrected chi connectivity index (χ2v) is 7.11. The smallest absolute Gasteiger partial charge is 0.326 e. The van der Waals surface area contributed by atoms with Crippen LogP contribution < -0.4 is 10.0 Å². The van der Waals surface area contributed by atoms with E-state index in [1.165, 1.54) is 6.92 Å². The highest BCUT2D eigenvalue weighted by Crippen LogP contribution is 2.37. The molecule has 0 radical (unpaired) electrons. The fourth-order valence-electron chi connectivity index (χ4n) is 2.26. The SMILES string of the molecule is CC(=O)Nc1ccc(NS(=O)(=O)c2ccc(F)cc2C)c(C(F)(F)F)c1. The Morgan fingerprint density at radius 3 is 2.27 bits per heavy atom. The number of rotatable bonds is 4. The molecular formula is C16H14F4N2O3S. The molecule has 1 amide bonds. The van der Waals surface area contributed by atoms with E-state index in [4.69, 9.17) is 0 Å². The standard InChI is InChI=1S/C16H14F4N2O3S/c1-9-7-11(17)3-6-15(9)26(24,25)22-14-5-4-12(21-10(2)23)8-13(14)16(18,19)20/h3-8,22H,1-2H3,(H,21,23). The summed E-state index contributed by atoms with van der Waals surface area (Å²) >= 11 is 0. The number of anilines is 2. The van der Waals surface area contributed by atoms with E-state index in [0.717, 1.165) is 37.3 Å². The molecule has 0 aliphatic heterocycles. The first-order chi connectivity index (χ1) is 11.9. The molecule has 0 aliphatic rings. The maximum atomic E-state index is 13.3. The lowest BCUT2D eigenvalue weighted by atomic mass is 10.1. The number of aryl methyl sites for hydroxylation is 1. The fraction of sp³-hybridized carbons (Fsp3) is 0.188. The molecule has 140 valence electrons. The minimum atomic E-state index is -4.87. The maximum Gasteiger partial charge on any atom is 0.418 e. The number of amides is 1. The Balaban J connectivity index is 2.49. The fourth-order valence-corrected chi connectivity index (χ4v) is 3.57. The van der Waals surface area contributed by atoms with Crippen molar-refractivity contribution in [1.29, 1.82) is 0 Å². The number of hydrogen-bond donors (Lipinski definition) is 2. The van der Waals surface area contributed by atoms with Gasteiger partial charge in [-0.3, -0.25) is 9.52 Å². The second-order valence-electron chi connectivity index (χ2n) is 5.45. The molecule has 0 spiro atoms. The van der Waals surface area contributed by atoms with Gasteiger partial charge in [0.25, 0.3) is 10.0 Å². The van der Waals surface area contributed by atoms with Gasteiger partial charge in [0, 0.05) is 12.6 Å². The summed E-state index contributed by atoms with van der Waals surface area (Å²) in [4.78, 5) is 10.7. The first kappa shape index (κ1) is 19.7. The molecule has 2 rings (SSSR count). The Bertz CT molecular complexity index is 956. The molecule has 2 aromatic carbocycles. The Morgan fingerprint density at radius 2 is 1.73 bits per heavy atom. The van der Waals surface area contributed by atoms with E-state index >= 15 is 0 Å². The minimum Gasteiger partial charge on any atom is -0.326 e. The quantitative estimate of drug-likeness (QED) is 0.778. The van der Waals surface area contributed by atoms with Crippen molar-refractivity contribution in [2.75, 3.05) is 10.0 Å². The van der Waals surface area contributed by atoms with Gasteiger partial charge in [-0.15, -0.1) is 0 Å². The lowest BCUT2D eigenvalue weighted by Gasteiger charge is -2.17. The van der Waals surface area contributed by atoms with Crippen molar-refractivity contribution in [2.24, 2.45) is 0 Å². The molecule has 0 heterocycles. The van der Waals surface area contributed by atoms with Crippen LogP contribution in [0.3, 0.4) is 0 Å². The summed E-state index contributed by atoms with van der Waals surface area (Å²) < 4.78 is 79.6. The van der Waals surface area contributed by atoms with Crippen LogP contribution in [0, 0.1) is 12.7 Å². The van der Waals surface area contributed by atoms with E-state index in [-0.39, 0.29) is 16.1 Å². The summed E-state index contributed by atoms with van der Waals surface area (Å²) in [5, 5.41) is 2.20. The van der Waals surface area contributed by atoms with E-state index in [1.807, 2.05) is 4.72 Å². The van der Waals surface area contributed by atoms with Crippen LogP contribution in [0.15, 0.2) is 41.3 Å². The number of carbonyl (C=O) groups is 1. The number of halogens is 4. The molecule has 0 fully saturated rings. The Labute approximate surface area is 147 Å². The van der Waals surface area contributed by atoms with Gasteiger partial charge >= 0.3 is 6.18 Å². The second kappa shape index (κ2) is 6.94. The maximum absolute atomic E-state index is 13.3. The van der Waals surface area contributed by atoms with Gasteiger partial charge in [0.05, 0.1) is 16.1 Å². The van der Waals surface area contributed by atoms with Crippen molar-refractivity contribution in [2.45, 2.75) is 24.9 Å². The number of sulfonamides is 1. The molecule has 0 bridgehead atoms. The lowest BCUT2D eigenvalue weighted by Crippen LogP contribution is -2.18. The summed E-state index contributed by atoms with van der Waals surface area (Å²) in [5.74, 6) is -1.24. The molecule has 10 heteroatoms. The predicted octanol–water partition coefficient (Wildman–Crippen LogP) is 3.91. The van der Waals surface area contributed by atoms with Crippen molar-refractivity contribution in [3.8, 4) is 0 Å². The molecule has 0 unspecified atom stereocenters. The highest BCUT2D eigenvalue weighted by Gasteiger charge is 2.35. The Hall–Kier alpha value is -2.62. The van der Waals surface area contributed by atoms with Gasteiger partial charge < -0.3 is 5.32 Å². The topological polar surface area (TPSA) is 75.3 Å². The molecule has 2 N–H and O–H groups in total. The normalized spacial score (nSPS) is 11.9. The molecule has 5 nitrogen and oxygen atoms in total. The molecule has 0 aliphatic carbocycles. The van der Waals surface area contributed by atoms with Crippen LogP contribution in [0.5, 0.6) is 0 Å². The summed E-state index contributed by atoms with van der Waals surface area (Å²) in [5.41, 5.74) is -2.07. The van der Waals surface area contributed by atoms with Crippen LogP contribution >= 0.6 is 0 Å². The zero-order chi connectivity index (χ0) is 19.7. The van der Waals surface area contributed by atoms with Crippen LogP contribution in [0.1, 0.15) is 18.1 Å². The van der Waals surface area contributed by atoms with Crippen molar-refractivity contribution in [3.63, 3.8) is 0 Å². The largest absolute Gasteiger partial charge is 0.418 e. The zero-order valence-corrected chi connectivity index (χ0v) is 14.4. The van der Waals surface area contributed by atoms with Gasteiger partial charge in [-0.25, -0.2) is 12.8 Å². The molecule has 26 heavy (non-hydrogen) atoms. The van der Waals surface area contributed by atoms with Gasteiger partial charge in [0.2, 0.25) is 5.91 Å². The summed E-state index contributed by atoms with van der Waals surface area (Å²) in [6.07, 6.45) is -4.87. The third-order valence-corrected chi connectivity index (χ3v) is 4.84. The Morgan fingerprint density at radius 1 is 1.08 bits per heavy atom. The van der Waals surface area contributed by atoms with Gasteiger partial charge in [-0.05, 0) is 48.9 Å². The van der Waals surface area contributed by atoms with E-state index in [0.29, 0.717) is 6.07 Å². The van der Waals surface area contributed by atoms with Gasteiger partial charge in [-0.1, -0.05) is 0 Å². The molecule has 0 saturated carbocycles. The average molecular weight is 390 g/mol. The number of alkyl halides is 3. The summed E-state index contributed by atoms with van der Waals surface area (Å²) in [6, 6.07) is 5.46. The van der Waals surface area contributed by atoms with Crippen molar-refractivity contribution < 1.29 is 30.8 Å². The molecule has 0 saturated heterocycles. The summed E-state index contributed by atoms with van der Waals surface area (Å²) in [7, 11) is -4.38. The number of hydrogen-bond acceptors (Lipinski definition) is 3. The monoisotopic (exact) mass is 390 g/mol. The highest BCUT2D eigenvalue weighted by molar-refractivity contribution is 7.92. The number of benzene rings is 2. The third kappa shape index (κ3) is 4.51. The molecule has 0 aromatic heterocycles. The van der Waals surface area contributed by atoms with E-state index in [1.54, 1.807) is 0 Å². The van der Waals surface area contributed by atoms with Gasteiger partial charge in [0.15, 0.2) is 0 Å². The zero-order valence-electron chi connectivity index (χ0n) is 13.6. The number of nitrogens with one attached hydrogen (secondary N) is 2. The minimum absolute atomic E-state index is 0.0425. The highest BCUT2D eigenvalue weighted by atomic mass is 32.2. The average Bonchev–Trinajstić information content (AvgIpc) is 2.46. The van der Waals surface area contributed by atoms with E-state index in [9.17, 15) is 30.8 Å². The van der Waals surface area contributed by atoms with Crippen LogP contribution in [-0.4, -0.2) is 14.3 Å². The molecule has 0 atom stereocenters. The van der Waals surface area contributed by atoms with Crippen LogP contribution in [0.2, 0.25) is 0 Å².